The van der Waals surface area contributed by atoms with Gasteiger partial charge in [-0.15, -0.1) is 4.99 Å². The van der Waals surface area contributed by atoms with Crippen LogP contribution in [0.1, 0.15) is 53.7 Å². The molecule has 0 unspecified atom stereocenters. The van der Waals surface area contributed by atoms with Crippen molar-refractivity contribution in [3.8, 4) is 0 Å². The van der Waals surface area contributed by atoms with Crippen LogP contribution in [0.3, 0.4) is 0 Å². The number of nitrogens with one attached hydrogen (secondary N) is 1. The fourth-order valence-electron chi connectivity index (χ4n) is 2.49. The molecule has 1 aromatic rings. The van der Waals surface area contributed by atoms with Gasteiger partial charge in [0.15, 0.2) is 0 Å². The molecule has 0 fully saturated rings. The molecule has 2 amide bonds. The van der Waals surface area contributed by atoms with E-state index in [2.05, 4.69) is 10.3 Å². The van der Waals surface area contributed by atoms with E-state index < -0.39 is 23.4 Å². The highest BCUT2D eigenvalue weighted by molar-refractivity contribution is 5.99. The molecule has 0 bridgehead atoms. The lowest BCUT2D eigenvalue weighted by Crippen LogP contribution is -2.48. The molecule has 0 radical (unpaired) electrons. The molecular formula is C20H29N3O5. The topological polar surface area (TPSA) is 93.4 Å². The SMILES string of the molecule is CC(C)(C)OC(=O)N=C(NC(=O)OC(C)(C)C)N1CC=C(c2ccco2)CC1. The number of amides is 2. The van der Waals surface area contributed by atoms with Crippen LogP contribution in [0.25, 0.3) is 5.57 Å². The fraction of sp³-hybridized carbons (Fsp3) is 0.550. The van der Waals surface area contributed by atoms with E-state index in [0.717, 1.165) is 11.3 Å². The van der Waals surface area contributed by atoms with Crippen LogP contribution in [-0.4, -0.2) is 47.3 Å². The Labute approximate surface area is 165 Å². The van der Waals surface area contributed by atoms with Crippen LogP contribution >= 0.6 is 0 Å². The third kappa shape index (κ3) is 7.09. The van der Waals surface area contributed by atoms with E-state index in [1.807, 2.05) is 18.2 Å². The Kier molecular flexibility index (Phi) is 6.53. The van der Waals surface area contributed by atoms with E-state index in [4.69, 9.17) is 13.9 Å². The average Bonchev–Trinajstić information content (AvgIpc) is 3.05. The minimum atomic E-state index is -0.778. The smallest absolute Gasteiger partial charge is 0.437 e. The van der Waals surface area contributed by atoms with Crippen molar-refractivity contribution in [2.24, 2.45) is 4.99 Å². The van der Waals surface area contributed by atoms with Crippen molar-refractivity contribution in [3.05, 3.63) is 30.2 Å². The molecule has 1 aliphatic heterocycles. The van der Waals surface area contributed by atoms with Gasteiger partial charge in [-0.3, -0.25) is 5.32 Å². The molecule has 28 heavy (non-hydrogen) atoms. The molecule has 0 saturated carbocycles. The van der Waals surface area contributed by atoms with Crippen LogP contribution in [0, 0.1) is 0 Å². The van der Waals surface area contributed by atoms with E-state index in [0.29, 0.717) is 19.5 Å². The lowest BCUT2D eigenvalue weighted by molar-refractivity contribution is 0.0555. The van der Waals surface area contributed by atoms with Crippen molar-refractivity contribution in [2.45, 2.75) is 59.2 Å². The predicted octanol–water partition coefficient (Wildman–Crippen LogP) is 4.18. The van der Waals surface area contributed by atoms with Crippen molar-refractivity contribution in [1.29, 1.82) is 0 Å². The van der Waals surface area contributed by atoms with Gasteiger partial charge in [-0.2, -0.15) is 0 Å². The maximum Gasteiger partial charge on any atom is 0.437 e. The highest BCUT2D eigenvalue weighted by Crippen LogP contribution is 2.22. The zero-order chi connectivity index (χ0) is 20.9. The van der Waals surface area contributed by atoms with Crippen molar-refractivity contribution in [2.75, 3.05) is 13.1 Å². The summed E-state index contributed by atoms with van der Waals surface area (Å²) < 4.78 is 16.0. The first-order valence-electron chi connectivity index (χ1n) is 9.22. The summed E-state index contributed by atoms with van der Waals surface area (Å²) in [6.07, 6.45) is 2.82. The van der Waals surface area contributed by atoms with E-state index in [1.54, 1.807) is 52.7 Å². The Morgan fingerprint density at radius 2 is 1.82 bits per heavy atom. The molecule has 1 aromatic heterocycles. The Morgan fingerprint density at radius 3 is 2.32 bits per heavy atom. The number of rotatable bonds is 1. The fourth-order valence-corrected chi connectivity index (χ4v) is 2.49. The van der Waals surface area contributed by atoms with Gasteiger partial charge in [0.2, 0.25) is 5.96 Å². The van der Waals surface area contributed by atoms with Crippen LogP contribution in [0.15, 0.2) is 33.9 Å². The first kappa shape index (κ1) is 21.5. The van der Waals surface area contributed by atoms with Crippen LogP contribution < -0.4 is 5.32 Å². The summed E-state index contributed by atoms with van der Waals surface area (Å²) in [7, 11) is 0. The number of nitrogens with zero attached hydrogens (tertiary/aromatic N) is 2. The molecule has 154 valence electrons. The minimum absolute atomic E-state index is 0.0956. The molecule has 1 aliphatic rings. The first-order valence-corrected chi connectivity index (χ1v) is 9.22. The highest BCUT2D eigenvalue weighted by Gasteiger charge is 2.24. The maximum atomic E-state index is 12.2. The summed E-state index contributed by atoms with van der Waals surface area (Å²) >= 11 is 0. The number of guanidine groups is 1. The zero-order valence-electron chi connectivity index (χ0n) is 17.4. The van der Waals surface area contributed by atoms with E-state index in [9.17, 15) is 9.59 Å². The molecular weight excluding hydrogens is 362 g/mol. The zero-order valence-corrected chi connectivity index (χ0v) is 17.4. The Hall–Kier alpha value is -2.77. The van der Waals surface area contributed by atoms with Gasteiger partial charge in [0.25, 0.3) is 0 Å². The lowest BCUT2D eigenvalue weighted by Gasteiger charge is -2.29. The van der Waals surface area contributed by atoms with Gasteiger partial charge in [-0.1, -0.05) is 6.08 Å². The number of hydrogen-bond acceptors (Lipinski definition) is 5. The van der Waals surface area contributed by atoms with Gasteiger partial charge in [-0.25, -0.2) is 9.59 Å². The summed E-state index contributed by atoms with van der Waals surface area (Å²) in [6.45, 7) is 11.5. The summed E-state index contributed by atoms with van der Waals surface area (Å²) in [5.74, 6) is 0.906. The standard InChI is InChI=1S/C20H29N3O5/c1-19(2,3)27-17(24)21-16(22-18(25)28-20(4,5)6)23-11-9-14(10-12-23)15-8-7-13-26-15/h7-9,13H,10-12H2,1-6H3,(H,21,22,24,25). The lowest BCUT2D eigenvalue weighted by atomic mass is 10.1. The third-order valence-corrected chi connectivity index (χ3v) is 3.55. The Morgan fingerprint density at radius 1 is 1.14 bits per heavy atom. The first-order chi connectivity index (χ1) is 12.9. The summed E-state index contributed by atoms with van der Waals surface area (Å²) in [5, 5.41) is 2.57. The minimum Gasteiger partial charge on any atom is -0.465 e. The van der Waals surface area contributed by atoms with Gasteiger partial charge in [0, 0.05) is 13.1 Å². The normalized spacial score (nSPS) is 15.7. The van der Waals surface area contributed by atoms with Gasteiger partial charge in [-0.05, 0) is 65.7 Å². The molecule has 8 nitrogen and oxygen atoms in total. The third-order valence-electron chi connectivity index (χ3n) is 3.55. The number of aliphatic imine (C=N–C) groups is 1. The predicted molar refractivity (Wildman–Crippen MR) is 106 cm³/mol. The summed E-state index contributed by atoms with van der Waals surface area (Å²) in [5.41, 5.74) is -0.295. The number of furan rings is 1. The largest absolute Gasteiger partial charge is 0.465 e. The number of carbonyl (C=O) groups excluding carboxylic acids is 2. The molecule has 0 aliphatic carbocycles. The summed E-state index contributed by atoms with van der Waals surface area (Å²) in [6, 6.07) is 3.73. The van der Waals surface area contributed by atoms with Gasteiger partial charge in [0.1, 0.15) is 17.0 Å². The summed E-state index contributed by atoms with van der Waals surface area (Å²) in [4.78, 5) is 30.1. The van der Waals surface area contributed by atoms with Gasteiger partial charge >= 0.3 is 12.2 Å². The molecule has 8 heteroatoms. The molecule has 0 atom stereocenters. The van der Waals surface area contributed by atoms with E-state index in [-0.39, 0.29) is 5.96 Å². The van der Waals surface area contributed by atoms with Crippen LogP contribution in [0.5, 0.6) is 0 Å². The quantitative estimate of drug-likeness (QED) is 0.570. The second-order valence-electron chi connectivity index (χ2n) is 8.45. The van der Waals surface area contributed by atoms with E-state index in [1.165, 1.54) is 0 Å². The van der Waals surface area contributed by atoms with Crippen molar-refractivity contribution in [1.82, 2.24) is 10.2 Å². The number of ether oxygens (including phenoxy) is 2. The average molecular weight is 391 g/mol. The van der Waals surface area contributed by atoms with Crippen molar-refractivity contribution < 1.29 is 23.5 Å². The second-order valence-corrected chi connectivity index (χ2v) is 8.45. The maximum absolute atomic E-state index is 12.2. The number of hydrogen-bond donors (Lipinski definition) is 1. The van der Waals surface area contributed by atoms with Gasteiger partial charge in [0.05, 0.1) is 6.26 Å². The van der Waals surface area contributed by atoms with Gasteiger partial charge < -0.3 is 18.8 Å². The monoisotopic (exact) mass is 391 g/mol. The Balaban J connectivity index is 2.16. The van der Waals surface area contributed by atoms with Crippen molar-refractivity contribution in [3.63, 3.8) is 0 Å². The number of carbonyl (C=O) groups is 2. The molecule has 2 heterocycles. The molecule has 0 saturated heterocycles. The molecule has 1 N–H and O–H groups in total. The van der Waals surface area contributed by atoms with Crippen LogP contribution in [0.2, 0.25) is 0 Å². The molecule has 0 spiro atoms. The van der Waals surface area contributed by atoms with Crippen LogP contribution in [-0.2, 0) is 9.47 Å². The highest BCUT2D eigenvalue weighted by atomic mass is 16.6. The number of alkyl carbamates (subject to hydrolysis) is 1. The Bertz CT molecular complexity index is 752. The van der Waals surface area contributed by atoms with E-state index >= 15 is 0 Å². The van der Waals surface area contributed by atoms with Crippen molar-refractivity contribution >= 4 is 23.7 Å². The second kappa shape index (κ2) is 8.50. The molecule has 0 aromatic carbocycles. The van der Waals surface area contributed by atoms with Crippen LogP contribution in [0.4, 0.5) is 9.59 Å². The molecule has 2 rings (SSSR count).